The molecule has 0 fully saturated rings. The van der Waals surface area contributed by atoms with Gasteiger partial charge in [0.25, 0.3) is 11.8 Å². The molecule has 1 aromatic carbocycles. The quantitative estimate of drug-likeness (QED) is 0.655. The summed E-state index contributed by atoms with van der Waals surface area (Å²) in [4.78, 5) is 24.7. The van der Waals surface area contributed by atoms with Crippen LogP contribution in [-0.4, -0.2) is 41.8 Å². The Hall–Kier alpha value is -2.07. The summed E-state index contributed by atoms with van der Waals surface area (Å²) in [5.41, 5.74) is -0.133. The van der Waals surface area contributed by atoms with Gasteiger partial charge in [0.1, 0.15) is 11.9 Å². The van der Waals surface area contributed by atoms with Crippen molar-refractivity contribution in [3.05, 3.63) is 35.6 Å². The molecule has 106 valence electrons. The molecule has 0 bridgehead atoms. The van der Waals surface area contributed by atoms with Gasteiger partial charge in [-0.05, 0) is 18.4 Å². The number of amides is 2. The molecule has 0 aromatic heterocycles. The zero-order chi connectivity index (χ0) is 15.1. The molecule has 20 heavy (non-hydrogen) atoms. The zero-order valence-electron chi connectivity index (χ0n) is 11.1. The predicted molar refractivity (Wildman–Crippen MR) is 74.4 cm³/mol. The smallest absolute Gasteiger partial charge is 0.258 e. The van der Waals surface area contributed by atoms with Gasteiger partial charge >= 0.3 is 0 Å². The van der Waals surface area contributed by atoms with Crippen LogP contribution < -0.4 is 5.32 Å². The van der Waals surface area contributed by atoms with Crippen LogP contribution in [0.5, 0.6) is 0 Å². The van der Waals surface area contributed by atoms with E-state index in [2.05, 4.69) is 5.32 Å². The third kappa shape index (κ3) is 3.96. The normalized spacial score (nSPS) is 11.3. The Kier molecular flexibility index (Phi) is 6.00. The van der Waals surface area contributed by atoms with E-state index in [1.54, 1.807) is 12.4 Å². The number of halogens is 1. The first-order valence-corrected chi connectivity index (χ1v) is 7.12. The number of carbonyl (C=O) groups excluding carboxylic acids is 2. The molecular weight excluding hydrogens is 281 g/mol. The molecule has 1 atom stereocenters. The van der Waals surface area contributed by atoms with Gasteiger partial charge in [-0.3, -0.25) is 14.5 Å². The van der Waals surface area contributed by atoms with Crippen molar-refractivity contribution in [3.8, 4) is 6.19 Å². The first kappa shape index (κ1) is 16.0. The van der Waals surface area contributed by atoms with E-state index in [1.165, 1.54) is 43.1 Å². The Bertz CT molecular complexity index is 545. The number of hydrogen-bond acceptors (Lipinski definition) is 4. The van der Waals surface area contributed by atoms with Crippen molar-refractivity contribution >= 4 is 23.6 Å². The van der Waals surface area contributed by atoms with Gasteiger partial charge in [0.05, 0.1) is 5.56 Å². The molecule has 1 N–H and O–H groups in total. The topological polar surface area (TPSA) is 73.2 Å². The van der Waals surface area contributed by atoms with Gasteiger partial charge < -0.3 is 5.32 Å². The van der Waals surface area contributed by atoms with Gasteiger partial charge in [0.15, 0.2) is 6.19 Å². The number of rotatable bonds is 5. The second-order valence-corrected chi connectivity index (χ2v) is 4.87. The maximum atomic E-state index is 13.5. The highest BCUT2D eigenvalue weighted by atomic mass is 32.2. The summed E-state index contributed by atoms with van der Waals surface area (Å²) in [6.45, 7) is 0. The van der Waals surface area contributed by atoms with E-state index < -0.39 is 23.7 Å². The molecule has 0 spiro atoms. The number of carbonyl (C=O) groups is 2. The van der Waals surface area contributed by atoms with Crippen molar-refractivity contribution in [3.63, 3.8) is 0 Å². The minimum atomic E-state index is -0.873. The lowest BCUT2D eigenvalue weighted by atomic mass is 10.2. The summed E-state index contributed by atoms with van der Waals surface area (Å²) in [5.74, 6) is -1.58. The first-order valence-electron chi connectivity index (χ1n) is 5.73. The summed E-state index contributed by atoms with van der Waals surface area (Å²) < 4.78 is 13.5. The fraction of sp³-hybridized carbons (Fsp3) is 0.308. The highest BCUT2D eigenvalue weighted by Gasteiger charge is 2.24. The lowest BCUT2D eigenvalue weighted by Gasteiger charge is -2.19. The lowest BCUT2D eigenvalue weighted by Crippen LogP contribution is -2.47. The van der Waals surface area contributed by atoms with Crippen LogP contribution in [0.25, 0.3) is 0 Å². The third-order valence-corrected chi connectivity index (χ3v) is 3.20. The van der Waals surface area contributed by atoms with Gasteiger partial charge in [-0.1, -0.05) is 12.1 Å². The summed E-state index contributed by atoms with van der Waals surface area (Å²) in [6.07, 6.45) is 3.44. The van der Waals surface area contributed by atoms with E-state index >= 15 is 0 Å². The fourth-order valence-electron chi connectivity index (χ4n) is 1.51. The molecule has 0 aliphatic rings. The predicted octanol–water partition coefficient (Wildman–Crippen LogP) is 1.23. The number of nitrogens with zero attached hydrogens (tertiary/aromatic N) is 2. The van der Waals surface area contributed by atoms with Crippen LogP contribution in [0.3, 0.4) is 0 Å². The van der Waals surface area contributed by atoms with Crippen LogP contribution in [0.2, 0.25) is 0 Å². The Morgan fingerprint density at radius 1 is 1.50 bits per heavy atom. The second-order valence-electron chi connectivity index (χ2n) is 3.96. The minimum absolute atomic E-state index is 0.133. The molecule has 1 unspecified atom stereocenters. The molecule has 0 aliphatic carbocycles. The Balaban J connectivity index is 2.86. The van der Waals surface area contributed by atoms with Crippen LogP contribution >= 0.6 is 11.8 Å². The van der Waals surface area contributed by atoms with Crippen LogP contribution in [0, 0.1) is 17.3 Å². The van der Waals surface area contributed by atoms with E-state index in [0.717, 1.165) is 4.90 Å². The number of nitriles is 1. The summed E-state index contributed by atoms with van der Waals surface area (Å²) in [7, 11) is 1.31. The molecular formula is C13H14FN3O2S. The highest BCUT2D eigenvalue weighted by molar-refractivity contribution is 7.98. The number of nitrogens with one attached hydrogen (secondary N) is 1. The van der Waals surface area contributed by atoms with Crippen LogP contribution in [0.4, 0.5) is 4.39 Å². The fourth-order valence-corrected chi connectivity index (χ4v) is 2.06. The second kappa shape index (κ2) is 7.50. The van der Waals surface area contributed by atoms with E-state index in [1.807, 2.05) is 0 Å². The average molecular weight is 295 g/mol. The van der Waals surface area contributed by atoms with Crippen molar-refractivity contribution in [1.82, 2.24) is 10.2 Å². The van der Waals surface area contributed by atoms with Crippen LogP contribution in [0.1, 0.15) is 10.4 Å². The number of hydrogen-bond donors (Lipinski definition) is 1. The molecule has 5 nitrogen and oxygen atoms in total. The van der Waals surface area contributed by atoms with Crippen molar-refractivity contribution < 1.29 is 14.0 Å². The maximum Gasteiger partial charge on any atom is 0.258 e. The molecule has 1 aromatic rings. The molecule has 1 rings (SSSR count). The van der Waals surface area contributed by atoms with E-state index in [0.29, 0.717) is 5.75 Å². The molecule has 7 heteroatoms. The molecule has 0 saturated carbocycles. The Labute approximate surface area is 120 Å². The standard InChI is InChI=1S/C13H14FN3O2S/c1-17(8-15)13(19)11(7-20-2)16-12(18)9-5-3-4-6-10(9)14/h3-6,11H,7H2,1-2H3,(H,16,18). The molecule has 0 radical (unpaired) electrons. The average Bonchev–Trinajstić information content (AvgIpc) is 2.45. The minimum Gasteiger partial charge on any atom is -0.339 e. The van der Waals surface area contributed by atoms with Crippen LogP contribution in [-0.2, 0) is 4.79 Å². The maximum absolute atomic E-state index is 13.5. The Morgan fingerprint density at radius 2 is 2.15 bits per heavy atom. The van der Waals surface area contributed by atoms with Gasteiger partial charge in [-0.15, -0.1) is 0 Å². The summed E-state index contributed by atoms with van der Waals surface area (Å²) >= 11 is 1.34. The van der Waals surface area contributed by atoms with Crippen molar-refractivity contribution in [1.29, 1.82) is 5.26 Å². The first-order chi connectivity index (χ1) is 9.51. The molecule has 0 aliphatic heterocycles. The molecule has 0 heterocycles. The zero-order valence-corrected chi connectivity index (χ0v) is 11.9. The molecule has 0 saturated heterocycles. The molecule has 2 amide bonds. The number of likely N-dealkylation sites (N-methyl/N-ethyl adjacent to an activating group) is 1. The Morgan fingerprint density at radius 3 is 2.70 bits per heavy atom. The monoisotopic (exact) mass is 295 g/mol. The van der Waals surface area contributed by atoms with E-state index in [-0.39, 0.29) is 5.56 Å². The van der Waals surface area contributed by atoms with Gasteiger partial charge in [0.2, 0.25) is 0 Å². The van der Waals surface area contributed by atoms with Gasteiger partial charge in [-0.2, -0.15) is 17.0 Å². The van der Waals surface area contributed by atoms with Gasteiger partial charge in [0, 0.05) is 12.8 Å². The van der Waals surface area contributed by atoms with Crippen molar-refractivity contribution in [2.75, 3.05) is 19.1 Å². The van der Waals surface area contributed by atoms with E-state index in [4.69, 9.17) is 5.26 Å². The SMILES string of the molecule is CSCC(NC(=O)c1ccccc1F)C(=O)N(C)C#N. The van der Waals surface area contributed by atoms with Gasteiger partial charge in [-0.25, -0.2) is 4.39 Å². The lowest BCUT2D eigenvalue weighted by molar-refractivity contribution is -0.128. The number of thioether (sulfide) groups is 1. The summed E-state index contributed by atoms with van der Waals surface area (Å²) in [6, 6.07) is 4.63. The third-order valence-electron chi connectivity index (χ3n) is 2.54. The number of benzene rings is 1. The van der Waals surface area contributed by atoms with Crippen molar-refractivity contribution in [2.45, 2.75) is 6.04 Å². The van der Waals surface area contributed by atoms with E-state index in [9.17, 15) is 14.0 Å². The summed E-state index contributed by atoms with van der Waals surface area (Å²) in [5, 5.41) is 11.1. The van der Waals surface area contributed by atoms with Crippen molar-refractivity contribution in [2.24, 2.45) is 0 Å². The van der Waals surface area contributed by atoms with Crippen LogP contribution in [0.15, 0.2) is 24.3 Å². The highest BCUT2D eigenvalue weighted by Crippen LogP contribution is 2.08. The largest absolute Gasteiger partial charge is 0.339 e.